The third kappa shape index (κ3) is 4.54. The summed E-state index contributed by atoms with van der Waals surface area (Å²) in [5.74, 6) is -0.0551. The van der Waals surface area contributed by atoms with Gasteiger partial charge < -0.3 is 18.9 Å². The minimum absolute atomic E-state index is 0.0314. The molecule has 0 aromatic heterocycles. The molecule has 0 spiro atoms. The molecule has 12 heteroatoms. The van der Waals surface area contributed by atoms with Crippen LogP contribution in [0.2, 0.25) is 0 Å². The number of halogens is 2. The van der Waals surface area contributed by atoms with Crippen LogP contribution in [0, 0.1) is 5.82 Å². The first kappa shape index (κ1) is 23.1. The van der Waals surface area contributed by atoms with E-state index in [1.165, 1.54) is 6.07 Å². The zero-order valence-corrected chi connectivity index (χ0v) is 20.0. The van der Waals surface area contributed by atoms with Crippen LogP contribution in [0.15, 0.2) is 70.0 Å². The second-order valence-electron chi connectivity index (χ2n) is 7.54. The number of sulfonamides is 1. The van der Waals surface area contributed by atoms with Crippen molar-refractivity contribution in [2.45, 2.75) is 17.1 Å². The molecule has 9 nitrogen and oxygen atoms in total. The van der Waals surface area contributed by atoms with Crippen molar-refractivity contribution in [3.05, 3.63) is 82.1 Å². The van der Waals surface area contributed by atoms with E-state index in [-0.39, 0.29) is 23.0 Å². The SMILES string of the molecule is O=C(NS(=O)(=O)c1ccc(F)cc1)OC1C(=O)c2cc(Br)ccc2O[C@H]1c1ccc2c(c1)OCO2. The highest BCUT2D eigenvalue weighted by Gasteiger charge is 2.42. The highest BCUT2D eigenvalue weighted by Crippen LogP contribution is 2.41. The zero-order chi connectivity index (χ0) is 24.7. The summed E-state index contributed by atoms with van der Waals surface area (Å²) in [5.41, 5.74) is 0.589. The van der Waals surface area contributed by atoms with Crippen molar-refractivity contribution in [3.63, 3.8) is 0 Å². The van der Waals surface area contributed by atoms with Gasteiger partial charge in [0, 0.05) is 10.0 Å². The number of carbonyl (C=O) groups excluding carboxylic acids is 2. The molecule has 1 N–H and O–H groups in total. The van der Waals surface area contributed by atoms with Crippen molar-refractivity contribution >= 4 is 37.8 Å². The molecule has 2 heterocycles. The third-order valence-electron chi connectivity index (χ3n) is 5.30. The van der Waals surface area contributed by atoms with Gasteiger partial charge in [0.15, 0.2) is 17.6 Å². The van der Waals surface area contributed by atoms with Crippen LogP contribution in [-0.2, 0) is 14.8 Å². The average Bonchev–Trinajstić information content (AvgIpc) is 3.29. The third-order valence-corrected chi connectivity index (χ3v) is 7.12. The van der Waals surface area contributed by atoms with Gasteiger partial charge in [0.05, 0.1) is 10.5 Å². The smallest absolute Gasteiger partial charge is 0.422 e. The summed E-state index contributed by atoms with van der Waals surface area (Å²) < 4.78 is 62.5. The number of rotatable bonds is 4. The molecule has 0 saturated carbocycles. The number of ether oxygens (including phenoxy) is 4. The molecule has 3 aromatic rings. The van der Waals surface area contributed by atoms with Crippen LogP contribution in [0.1, 0.15) is 22.0 Å². The van der Waals surface area contributed by atoms with E-state index in [1.807, 2.05) is 0 Å². The molecule has 0 fully saturated rings. The van der Waals surface area contributed by atoms with Crippen LogP contribution < -0.4 is 18.9 Å². The molecule has 180 valence electrons. The minimum atomic E-state index is -4.39. The van der Waals surface area contributed by atoms with Gasteiger partial charge in [0.25, 0.3) is 10.0 Å². The first-order valence-electron chi connectivity index (χ1n) is 10.1. The Labute approximate surface area is 206 Å². The first-order chi connectivity index (χ1) is 16.7. The molecular formula is C23H15BrFNO8S. The molecule has 0 bridgehead atoms. The number of hydrogen-bond donors (Lipinski definition) is 1. The van der Waals surface area contributed by atoms with E-state index in [0.717, 1.165) is 24.3 Å². The molecule has 1 amide bonds. The van der Waals surface area contributed by atoms with E-state index >= 15 is 0 Å². The van der Waals surface area contributed by atoms with E-state index in [2.05, 4.69) is 15.9 Å². The van der Waals surface area contributed by atoms with Crippen molar-refractivity contribution in [1.82, 2.24) is 4.72 Å². The highest BCUT2D eigenvalue weighted by molar-refractivity contribution is 9.10. The summed E-state index contributed by atoms with van der Waals surface area (Å²) in [6.07, 6.45) is -4.04. The molecule has 5 rings (SSSR count). The molecule has 2 aliphatic rings. The fourth-order valence-corrected chi connectivity index (χ4v) is 4.90. The fourth-order valence-electron chi connectivity index (χ4n) is 3.66. The van der Waals surface area contributed by atoms with E-state index in [0.29, 0.717) is 21.5 Å². The predicted molar refractivity (Wildman–Crippen MR) is 121 cm³/mol. The average molecular weight is 564 g/mol. The number of Topliss-reactive ketones (excluding diaryl/α,β-unsaturated/α-hetero) is 1. The second-order valence-corrected chi connectivity index (χ2v) is 10.1. The largest absolute Gasteiger partial charge is 0.481 e. The molecule has 0 radical (unpaired) electrons. The first-order valence-corrected chi connectivity index (χ1v) is 12.4. The molecule has 0 saturated heterocycles. The van der Waals surface area contributed by atoms with E-state index < -0.39 is 39.9 Å². The van der Waals surface area contributed by atoms with E-state index in [1.54, 1.807) is 35.1 Å². The molecule has 2 aliphatic heterocycles. The number of hydrogen-bond acceptors (Lipinski definition) is 8. The maximum Gasteiger partial charge on any atom is 0.422 e. The van der Waals surface area contributed by atoms with Gasteiger partial charge in [-0.05, 0) is 54.6 Å². The van der Waals surface area contributed by atoms with Crippen molar-refractivity contribution in [2.75, 3.05) is 6.79 Å². The quantitative estimate of drug-likeness (QED) is 0.503. The number of nitrogens with one attached hydrogen (secondary N) is 1. The van der Waals surface area contributed by atoms with Crippen LogP contribution in [0.5, 0.6) is 17.2 Å². The van der Waals surface area contributed by atoms with Crippen molar-refractivity contribution in [3.8, 4) is 17.2 Å². The summed E-state index contributed by atoms with van der Waals surface area (Å²) in [6.45, 7) is 0.0314. The van der Waals surface area contributed by atoms with Crippen molar-refractivity contribution < 1.29 is 41.3 Å². The van der Waals surface area contributed by atoms with Gasteiger partial charge in [-0.1, -0.05) is 22.0 Å². The Bertz CT molecular complexity index is 1440. The summed E-state index contributed by atoms with van der Waals surface area (Å²) in [7, 11) is -4.39. The van der Waals surface area contributed by atoms with Gasteiger partial charge in [-0.2, -0.15) is 0 Å². The Hall–Kier alpha value is -3.64. The van der Waals surface area contributed by atoms with Crippen LogP contribution in [0.25, 0.3) is 0 Å². The lowest BCUT2D eigenvalue weighted by Crippen LogP contribution is -2.43. The Morgan fingerprint density at radius 3 is 2.49 bits per heavy atom. The maximum atomic E-state index is 13.3. The van der Waals surface area contributed by atoms with Crippen LogP contribution >= 0.6 is 15.9 Å². The highest BCUT2D eigenvalue weighted by atomic mass is 79.9. The Balaban J connectivity index is 1.45. The lowest BCUT2D eigenvalue weighted by molar-refractivity contribution is 0.0106. The summed E-state index contributed by atoms with van der Waals surface area (Å²) >= 11 is 3.29. The lowest BCUT2D eigenvalue weighted by atomic mass is 9.93. The standard InChI is InChI=1S/C23H15BrFNO8S/c24-13-2-8-17-16(10-13)20(27)22(21(33-17)12-1-7-18-19(9-12)32-11-31-18)34-23(28)26-35(29,30)15-5-3-14(25)4-6-15/h1-10,21-22H,11H2,(H,26,28)/t21-,22?/m0/s1. The van der Waals surface area contributed by atoms with Crippen LogP contribution in [0.3, 0.4) is 0 Å². The summed E-state index contributed by atoms with van der Waals surface area (Å²) in [5, 5.41) is 0. The molecule has 2 atom stereocenters. The summed E-state index contributed by atoms with van der Waals surface area (Å²) in [6, 6.07) is 13.5. The van der Waals surface area contributed by atoms with Gasteiger partial charge in [-0.3, -0.25) is 4.79 Å². The van der Waals surface area contributed by atoms with E-state index in [4.69, 9.17) is 18.9 Å². The van der Waals surface area contributed by atoms with Crippen molar-refractivity contribution in [2.24, 2.45) is 0 Å². The predicted octanol–water partition coefficient (Wildman–Crippen LogP) is 4.12. The van der Waals surface area contributed by atoms with Crippen molar-refractivity contribution in [1.29, 1.82) is 0 Å². The molecular weight excluding hydrogens is 549 g/mol. The fraction of sp³-hybridized carbons (Fsp3) is 0.130. The maximum absolute atomic E-state index is 13.3. The number of fused-ring (bicyclic) bond motifs is 2. The van der Waals surface area contributed by atoms with Gasteiger partial charge in [-0.15, -0.1) is 0 Å². The lowest BCUT2D eigenvalue weighted by Gasteiger charge is -2.32. The second kappa shape index (κ2) is 8.86. The normalized spacial score (nSPS) is 18.4. The zero-order valence-electron chi connectivity index (χ0n) is 17.6. The van der Waals surface area contributed by atoms with Gasteiger partial charge in [-0.25, -0.2) is 22.3 Å². The summed E-state index contributed by atoms with van der Waals surface area (Å²) in [4.78, 5) is 25.6. The monoisotopic (exact) mass is 563 g/mol. The van der Waals surface area contributed by atoms with Gasteiger partial charge in [0.2, 0.25) is 18.7 Å². The van der Waals surface area contributed by atoms with Crippen LogP contribution in [-0.4, -0.2) is 33.2 Å². The Morgan fingerprint density at radius 1 is 1.00 bits per heavy atom. The Kier molecular flexibility index (Phi) is 5.85. The van der Waals surface area contributed by atoms with Gasteiger partial charge >= 0.3 is 6.09 Å². The molecule has 0 aliphatic carbocycles. The molecule has 35 heavy (non-hydrogen) atoms. The topological polar surface area (TPSA) is 117 Å². The number of carbonyl (C=O) groups is 2. The van der Waals surface area contributed by atoms with Gasteiger partial charge in [0.1, 0.15) is 11.6 Å². The van der Waals surface area contributed by atoms with Crippen LogP contribution in [0.4, 0.5) is 9.18 Å². The molecule has 1 unspecified atom stereocenters. The Morgan fingerprint density at radius 2 is 1.71 bits per heavy atom. The molecule has 3 aromatic carbocycles. The number of ketones is 1. The number of amides is 1. The number of benzene rings is 3. The minimum Gasteiger partial charge on any atom is -0.481 e. The van der Waals surface area contributed by atoms with E-state index in [9.17, 15) is 22.4 Å².